The van der Waals surface area contributed by atoms with Crippen molar-refractivity contribution in [1.82, 2.24) is 19.5 Å². The molecule has 1 fully saturated rings. The molecule has 2 aromatic heterocycles. The summed E-state index contributed by atoms with van der Waals surface area (Å²) in [4.78, 5) is 40.7. The molecule has 1 saturated heterocycles. The molecule has 31 heavy (non-hydrogen) atoms. The lowest BCUT2D eigenvalue weighted by atomic mass is 10.1. The number of phosphoric acid groups is 1. The molecule has 1 aliphatic rings. The van der Waals surface area contributed by atoms with Gasteiger partial charge in [0.2, 0.25) is 0 Å². The molecule has 0 unspecified atom stereocenters. The summed E-state index contributed by atoms with van der Waals surface area (Å²) in [5, 5.41) is 31.6. The van der Waals surface area contributed by atoms with E-state index >= 15 is 0 Å². The molecule has 0 bridgehead atoms. The van der Waals surface area contributed by atoms with Crippen LogP contribution in [-0.2, 0) is 13.8 Å². The van der Waals surface area contributed by atoms with Gasteiger partial charge >= 0.3 is 7.82 Å². The van der Waals surface area contributed by atoms with Gasteiger partial charge in [0.25, 0.3) is 5.69 Å². The van der Waals surface area contributed by atoms with E-state index in [9.17, 15) is 24.9 Å². The van der Waals surface area contributed by atoms with Crippen LogP contribution in [0.15, 0.2) is 36.9 Å². The van der Waals surface area contributed by atoms with E-state index in [0.29, 0.717) is 11.3 Å². The first-order valence-electron chi connectivity index (χ1n) is 8.80. The smallest absolute Gasteiger partial charge is 0.387 e. The molecule has 0 spiro atoms. The van der Waals surface area contributed by atoms with Gasteiger partial charge in [-0.1, -0.05) is 12.1 Å². The molecule has 0 radical (unpaired) electrons. The van der Waals surface area contributed by atoms with Gasteiger partial charge in [0, 0.05) is 17.7 Å². The Hall–Kier alpha value is -2.84. The van der Waals surface area contributed by atoms with Crippen LogP contribution in [0.4, 0.5) is 5.69 Å². The molecule has 0 saturated carbocycles. The highest BCUT2D eigenvalue weighted by molar-refractivity contribution is 7.46. The first-order valence-corrected chi connectivity index (χ1v) is 10.3. The number of ether oxygens (including phenoxy) is 1. The Kier molecular flexibility index (Phi) is 5.53. The fourth-order valence-corrected chi connectivity index (χ4v) is 3.62. The van der Waals surface area contributed by atoms with Crippen molar-refractivity contribution < 1.29 is 38.7 Å². The van der Waals surface area contributed by atoms with Crippen LogP contribution in [0.5, 0.6) is 0 Å². The van der Waals surface area contributed by atoms with Crippen molar-refractivity contribution in [2.45, 2.75) is 24.5 Å². The van der Waals surface area contributed by atoms with Gasteiger partial charge < -0.3 is 24.7 Å². The highest BCUT2D eigenvalue weighted by atomic mass is 31.2. The van der Waals surface area contributed by atoms with Crippen LogP contribution in [0.2, 0.25) is 0 Å². The Bertz CT molecular complexity index is 1180. The zero-order valence-electron chi connectivity index (χ0n) is 15.5. The number of nitro benzene ring substituents is 1. The summed E-state index contributed by atoms with van der Waals surface area (Å²) in [5.74, 6) is 0. The van der Waals surface area contributed by atoms with E-state index in [2.05, 4.69) is 19.5 Å². The van der Waals surface area contributed by atoms with E-state index < -0.39 is 43.9 Å². The monoisotopic (exact) mass is 453 g/mol. The van der Waals surface area contributed by atoms with Gasteiger partial charge in [-0.2, -0.15) is 0 Å². The molecule has 3 aromatic rings. The van der Waals surface area contributed by atoms with Crippen molar-refractivity contribution in [1.29, 1.82) is 0 Å². The fraction of sp³-hybridized carbons (Fsp3) is 0.312. The maximum Gasteiger partial charge on any atom is 0.469 e. The molecular weight excluding hydrogens is 437 g/mol. The minimum absolute atomic E-state index is 0.130. The average Bonchev–Trinajstić information content (AvgIpc) is 3.27. The van der Waals surface area contributed by atoms with Crippen molar-refractivity contribution >= 4 is 24.7 Å². The second-order valence-electron chi connectivity index (χ2n) is 6.69. The van der Waals surface area contributed by atoms with Gasteiger partial charge in [0.15, 0.2) is 11.9 Å². The number of aliphatic hydroxyl groups excluding tert-OH is 2. The first-order chi connectivity index (χ1) is 14.7. The summed E-state index contributed by atoms with van der Waals surface area (Å²) in [6, 6.07) is 5.80. The third kappa shape index (κ3) is 4.18. The Morgan fingerprint density at radius 2 is 2.00 bits per heavy atom. The number of hydrogen-bond donors (Lipinski definition) is 4. The number of aromatic nitrogens is 4. The Morgan fingerprint density at radius 1 is 1.23 bits per heavy atom. The minimum Gasteiger partial charge on any atom is -0.387 e. The van der Waals surface area contributed by atoms with Crippen molar-refractivity contribution in [3.63, 3.8) is 0 Å². The summed E-state index contributed by atoms with van der Waals surface area (Å²) >= 11 is 0. The Morgan fingerprint density at radius 3 is 2.71 bits per heavy atom. The molecule has 0 amide bonds. The summed E-state index contributed by atoms with van der Waals surface area (Å²) in [7, 11) is -4.80. The molecule has 14 nitrogen and oxygen atoms in total. The number of hydrogen-bond acceptors (Lipinski definition) is 10. The predicted octanol–water partition coefficient (Wildman–Crippen LogP) is 0.130. The molecule has 4 N–H and O–H groups in total. The maximum atomic E-state index is 11.1. The van der Waals surface area contributed by atoms with Crippen LogP contribution in [0, 0.1) is 10.1 Å². The molecule has 0 aliphatic carbocycles. The van der Waals surface area contributed by atoms with E-state index in [4.69, 9.17) is 14.5 Å². The van der Waals surface area contributed by atoms with Crippen LogP contribution < -0.4 is 0 Å². The highest BCUT2D eigenvalue weighted by Crippen LogP contribution is 2.39. The number of phosphoric ester groups is 1. The number of non-ortho nitro benzene ring substituents is 1. The number of imidazole rings is 1. The highest BCUT2D eigenvalue weighted by Gasteiger charge is 2.45. The SMILES string of the molecule is O=[N+]([O-])c1cccc(-c2ncnc3c2ncn3[C@@H]2O[C@H](COP(=O)(O)O)[C@@H](O)[C@H]2O)c1. The Labute approximate surface area is 173 Å². The van der Waals surface area contributed by atoms with Crippen molar-refractivity contribution in [2.75, 3.05) is 6.61 Å². The fourth-order valence-electron chi connectivity index (χ4n) is 3.28. The minimum atomic E-state index is -4.80. The zero-order valence-corrected chi connectivity index (χ0v) is 16.4. The van der Waals surface area contributed by atoms with Gasteiger partial charge in [-0.05, 0) is 0 Å². The number of rotatable bonds is 6. The van der Waals surface area contributed by atoms with Crippen LogP contribution in [0.25, 0.3) is 22.4 Å². The molecule has 15 heteroatoms. The van der Waals surface area contributed by atoms with Crippen molar-refractivity contribution in [3.8, 4) is 11.3 Å². The first kappa shape index (κ1) is 21.4. The van der Waals surface area contributed by atoms with E-state index in [-0.39, 0.29) is 16.9 Å². The lowest BCUT2D eigenvalue weighted by Crippen LogP contribution is -2.33. The second-order valence-corrected chi connectivity index (χ2v) is 7.93. The van der Waals surface area contributed by atoms with E-state index in [0.717, 1.165) is 0 Å². The number of benzene rings is 1. The quantitative estimate of drug-likeness (QED) is 0.223. The molecule has 4 atom stereocenters. The normalized spacial score (nSPS) is 24.0. The number of aliphatic hydroxyl groups is 2. The van der Waals surface area contributed by atoms with Gasteiger partial charge in [-0.3, -0.25) is 19.2 Å². The van der Waals surface area contributed by atoms with Gasteiger partial charge in [-0.25, -0.2) is 19.5 Å². The van der Waals surface area contributed by atoms with E-state index in [1.165, 1.54) is 35.4 Å². The predicted molar refractivity (Wildman–Crippen MR) is 101 cm³/mol. The number of fused-ring (bicyclic) bond motifs is 1. The summed E-state index contributed by atoms with van der Waals surface area (Å²) in [6.45, 7) is -0.653. The molecule has 4 rings (SSSR count). The Balaban J connectivity index is 1.68. The lowest BCUT2D eigenvalue weighted by Gasteiger charge is -2.16. The molecule has 164 valence electrons. The van der Waals surface area contributed by atoms with E-state index in [1.807, 2.05) is 0 Å². The van der Waals surface area contributed by atoms with Crippen LogP contribution >= 0.6 is 7.82 Å². The standard InChI is InChI=1S/C16H16N5O9P/c22-13-10(5-29-31(26,27)28)30-16(14(13)23)20-7-19-12-11(17-6-18-15(12)20)8-2-1-3-9(4-8)21(24)25/h1-4,6-7,10,13-14,16,22-23H,5H2,(H2,26,27,28)/t10-,13-,14-,16-/m1/s1. The third-order valence-electron chi connectivity index (χ3n) is 4.71. The average molecular weight is 453 g/mol. The molecule has 1 aromatic carbocycles. The zero-order chi connectivity index (χ0) is 22.3. The van der Waals surface area contributed by atoms with Crippen LogP contribution in [-0.4, -0.2) is 69.4 Å². The van der Waals surface area contributed by atoms with Crippen LogP contribution in [0.3, 0.4) is 0 Å². The number of nitrogens with zero attached hydrogens (tertiary/aromatic N) is 5. The largest absolute Gasteiger partial charge is 0.469 e. The van der Waals surface area contributed by atoms with E-state index in [1.54, 1.807) is 6.07 Å². The maximum absolute atomic E-state index is 11.1. The second kappa shape index (κ2) is 8.01. The number of nitro groups is 1. The van der Waals surface area contributed by atoms with Gasteiger partial charge in [0.1, 0.15) is 35.8 Å². The summed E-state index contributed by atoms with van der Waals surface area (Å²) in [6.07, 6.45) is -2.87. The van der Waals surface area contributed by atoms with Crippen LogP contribution in [0.1, 0.15) is 6.23 Å². The summed E-state index contributed by atoms with van der Waals surface area (Å²) in [5.41, 5.74) is 1.08. The topological polar surface area (TPSA) is 203 Å². The third-order valence-corrected chi connectivity index (χ3v) is 5.19. The lowest BCUT2D eigenvalue weighted by molar-refractivity contribution is -0.384. The van der Waals surface area contributed by atoms with Crippen molar-refractivity contribution in [3.05, 3.63) is 47.0 Å². The van der Waals surface area contributed by atoms with Crippen molar-refractivity contribution in [2.24, 2.45) is 0 Å². The summed E-state index contributed by atoms with van der Waals surface area (Å²) < 4.78 is 22.1. The molecular formula is C16H16N5O9P. The van der Waals surface area contributed by atoms with Gasteiger partial charge in [-0.15, -0.1) is 0 Å². The molecule has 3 heterocycles. The van der Waals surface area contributed by atoms with Gasteiger partial charge in [0.05, 0.1) is 17.9 Å². The molecule has 1 aliphatic heterocycles.